The van der Waals surface area contributed by atoms with Crippen molar-refractivity contribution in [3.63, 3.8) is 0 Å². The number of nitrogens with one attached hydrogen (secondary N) is 2. The summed E-state index contributed by atoms with van der Waals surface area (Å²) in [5.74, 6) is 0.0147. The number of aliphatic hydroxyl groups excluding tert-OH is 1. The van der Waals surface area contributed by atoms with E-state index in [1.54, 1.807) is 6.92 Å². The average Bonchev–Trinajstić information content (AvgIpc) is 2.13. The number of aliphatic hydroxyl groups is 1. The Kier molecular flexibility index (Phi) is 2.84. The second kappa shape index (κ2) is 3.69. The monoisotopic (exact) mass is 158 g/mol. The van der Waals surface area contributed by atoms with Gasteiger partial charge in [0, 0.05) is 25.6 Å². The van der Waals surface area contributed by atoms with Gasteiger partial charge in [-0.05, 0) is 6.92 Å². The average molecular weight is 158 g/mol. The van der Waals surface area contributed by atoms with E-state index < -0.39 is 6.10 Å². The Bertz CT molecular complexity index is 147. The van der Waals surface area contributed by atoms with Crippen molar-refractivity contribution >= 4 is 5.91 Å². The highest BCUT2D eigenvalue weighted by Crippen LogP contribution is 2.00. The summed E-state index contributed by atoms with van der Waals surface area (Å²) in [5, 5.41) is 15.0. The number of amides is 1. The molecule has 1 fully saturated rings. The van der Waals surface area contributed by atoms with Crippen LogP contribution in [0.5, 0.6) is 0 Å². The van der Waals surface area contributed by atoms with E-state index in [1.165, 1.54) is 0 Å². The second-order valence-electron chi connectivity index (χ2n) is 2.86. The van der Waals surface area contributed by atoms with Crippen LogP contribution < -0.4 is 10.6 Å². The first kappa shape index (κ1) is 8.49. The Morgan fingerprint density at radius 2 is 2.36 bits per heavy atom. The highest BCUT2D eigenvalue weighted by molar-refractivity contribution is 5.76. The SMILES string of the molecule is C[C@H](O)[C@@H]1CC(=O)NCCN1. The van der Waals surface area contributed by atoms with E-state index >= 15 is 0 Å². The summed E-state index contributed by atoms with van der Waals surface area (Å²) in [6, 6.07) is -0.0856. The molecule has 0 unspecified atom stereocenters. The third-order valence-corrected chi connectivity index (χ3v) is 1.84. The van der Waals surface area contributed by atoms with E-state index in [-0.39, 0.29) is 11.9 Å². The van der Waals surface area contributed by atoms with Gasteiger partial charge in [0.2, 0.25) is 5.91 Å². The van der Waals surface area contributed by atoms with Crippen LogP contribution in [0.1, 0.15) is 13.3 Å². The molecule has 4 nitrogen and oxygen atoms in total. The zero-order chi connectivity index (χ0) is 8.27. The van der Waals surface area contributed by atoms with E-state index in [0.29, 0.717) is 13.0 Å². The molecule has 1 aliphatic rings. The van der Waals surface area contributed by atoms with E-state index in [9.17, 15) is 9.90 Å². The lowest BCUT2D eigenvalue weighted by Crippen LogP contribution is -2.38. The standard InChI is InChI=1S/C7H14N2O2/c1-5(10)6-4-7(11)9-3-2-8-6/h5-6,8,10H,2-4H2,1H3,(H,9,11)/t5-,6-/m0/s1. The fraction of sp³-hybridized carbons (Fsp3) is 0.857. The van der Waals surface area contributed by atoms with E-state index in [0.717, 1.165) is 6.54 Å². The van der Waals surface area contributed by atoms with Crippen molar-refractivity contribution in [2.45, 2.75) is 25.5 Å². The van der Waals surface area contributed by atoms with Crippen molar-refractivity contribution in [3.8, 4) is 0 Å². The molecule has 0 aromatic carbocycles. The number of hydrogen-bond acceptors (Lipinski definition) is 3. The van der Waals surface area contributed by atoms with Gasteiger partial charge in [0.05, 0.1) is 6.10 Å². The summed E-state index contributed by atoms with van der Waals surface area (Å²) >= 11 is 0. The number of carbonyl (C=O) groups excluding carboxylic acids is 1. The van der Waals surface area contributed by atoms with Gasteiger partial charge < -0.3 is 15.7 Å². The van der Waals surface area contributed by atoms with Crippen LogP contribution in [-0.2, 0) is 4.79 Å². The smallest absolute Gasteiger partial charge is 0.221 e. The summed E-state index contributed by atoms with van der Waals surface area (Å²) in [4.78, 5) is 10.9. The molecule has 0 aromatic heterocycles. The first-order chi connectivity index (χ1) is 5.20. The predicted octanol–water partition coefficient (Wildman–Crippen LogP) is -1.15. The lowest BCUT2D eigenvalue weighted by Gasteiger charge is -2.16. The third kappa shape index (κ3) is 2.48. The van der Waals surface area contributed by atoms with Crippen LogP contribution in [0.4, 0.5) is 0 Å². The molecule has 64 valence electrons. The number of hydrogen-bond donors (Lipinski definition) is 3. The van der Waals surface area contributed by atoms with Crippen molar-refractivity contribution in [3.05, 3.63) is 0 Å². The molecule has 1 aliphatic heterocycles. The van der Waals surface area contributed by atoms with Crippen molar-refractivity contribution in [1.82, 2.24) is 10.6 Å². The van der Waals surface area contributed by atoms with Crippen LogP contribution in [0.3, 0.4) is 0 Å². The lowest BCUT2D eigenvalue weighted by molar-refractivity contribution is -0.121. The van der Waals surface area contributed by atoms with Crippen LogP contribution in [0.15, 0.2) is 0 Å². The zero-order valence-corrected chi connectivity index (χ0v) is 6.63. The van der Waals surface area contributed by atoms with Gasteiger partial charge in [-0.2, -0.15) is 0 Å². The topological polar surface area (TPSA) is 61.4 Å². The molecule has 0 bridgehead atoms. The maximum absolute atomic E-state index is 10.9. The van der Waals surface area contributed by atoms with Gasteiger partial charge in [-0.1, -0.05) is 0 Å². The quantitative estimate of drug-likeness (QED) is 0.451. The highest BCUT2D eigenvalue weighted by atomic mass is 16.3. The minimum absolute atomic E-state index is 0.0147. The normalized spacial score (nSPS) is 28.9. The zero-order valence-electron chi connectivity index (χ0n) is 6.63. The molecule has 11 heavy (non-hydrogen) atoms. The molecule has 1 saturated heterocycles. The molecule has 0 saturated carbocycles. The van der Waals surface area contributed by atoms with Gasteiger partial charge in [-0.3, -0.25) is 4.79 Å². The first-order valence-electron chi connectivity index (χ1n) is 3.88. The largest absolute Gasteiger partial charge is 0.392 e. The minimum Gasteiger partial charge on any atom is -0.392 e. The van der Waals surface area contributed by atoms with Crippen LogP contribution in [0.2, 0.25) is 0 Å². The van der Waals surface area contributed by atoms with Gasteiger partial charge in [0.25, 0.3) is 0 Å². The summed E-state index contributed by atoms with van der Waals surface area (Å²) < 4.78 is 0. The van der Waals surface area contributed by atoms with Crippen LogP contribution in [0.25, 0.3) is 0 Å². The summed E-state index contributed by atoms with van der Waals surface area (Å²) in [6.45, 7) is 3.08. The van der Waals surface area contributed by atoms with Crippen molar-refractivity contribution in [2.24, 2.45) is 0 Å². The van der Waals surface area contributed by atoms with Gasteiger partial charge in [-0.25, -0.2) is 0 Å². The van der Waals surface area contributed by atoms with Crippen molar-refractivity contribution in [2.75, 3.05) is 13.1 Å². The molecule has 1 rings (SSSR count). The molecule has 0 spiro atoms. The molecule has 0 aromatic rings. The van der Waals surface area contributed by atoms with Crippen molar-refractivity contribution < 1.29 is 9.90 Å². The fourth-order valence-corrected chi connectivity index (χ4v) is 1.14. The Hall–Kier alpha value is -0.610. The lowest BCUT2D eigenvalue weighted by atomic mass is 10.1. The predicted molar refractivity (Wildman–Crippen MR) is 41.1 cm³/mol. The molecule has 0 aliphatic carbocycles. The van der Waals surface area contributed by atoms with Gasteiger partial charge >= 0.3 is 0 Å². The van der Waals surface area contributed by atoms with Gasteiger partial charge in [0.15, 0.2) is 0 Å². The van der Waals surface area contributed by atoms with Gasteiger partial charge in [-0.15, -0.1) is 0 Å². The van der Waals surface area contributed by atoms with Crippen LogP contribution in [-0.4, -0.2) is 36.2 Å². The fourth-order valence-electron chi connectivity index (χ4n) is 1.14. The van der Waals surface area contributed by atoms with E-state index in [1.807, 2.05) is 0 Å². The Labute approximate surface area is 66.0 Å². The molecule has 3 N–H and O–H groups in total. The molecular weight excluding hydrogens is 144 g/mol. The summed E-state index contributed by atoms with van der Waals surface area (Å²) in [6.07, 6.45) is -0.0867. The molecular formula is C7H14N2O2. The van der Waals surface area contributed by atoms with Crippen LogP contribution in [0, 0.1) is 0 Å². The van der Waals surface area contributed by atoms with E-state index in [4.69, 9.17) is 0 Å². The van der Waals surface area contributed by atoms with E-state index in [2.05, 4.69) is 10.6 Å². The molecule has 1 amide bonds. The Balaban J connectivity index is 2.45. The van der Waals surface area contributed by atoms with Crippen molar-refractivity contribution in [1.29, 1.82) is 0 Å². The number of rotatable bonds is 1. The molecule has 1 heterocycles. The second-order valence-corrected chi connectivity index (χ2v) is 2.86. The third-order valence-electron chi connectivity index (χ3n) is 1.84. The maximum Gasteiger partial charge on any atom is 0.221 e. The summed E-state index contributed by atoms with van der Waals surface area (Å²) in [7, 11) is 0. The Morgan fingerprint density at radius 3 is 3.00 bits per heavy atom. The number of carbonyl (C=O) groups is 1. The molecule has 4 heteroatoms. The maximum atomic E-state index is 10.9. The first-order valence-corrected chi connectivity index (χ1v) is 3.88. The minimum atomic E-state index is -0.459. The highest BCUT2D eigenvalue weighted by Gasteiger charge is 2.20. The molecule has 0 radical (unpaired) electrons. The van der Waals surface area contributed by atoms with Gasteiger partial charge in [0.1, 0.15) is 0 Å². The Morgan fingerprint density at radius 1 is 1.64 bits per heavy atom. The summed E-state index contributed by atoms with van der Waals surface area (Å²) in [5.41, 5.74) is 0. The van der Waals surface area contributed by atoms with Crippen LogP contribution >= 0.6 is 0 Å². The molecule has 2 atom stereocenters.